The molecule has 4 heteroatoms. The predicted octanol–water partition coefficient (Wildman–Crippen LogP) is 2.60. The number of carbonyl (C=O) groups excluding carboxylic acids is 1. The summed E-state index contributed by atoms with van der Waals surface area (Å²) in [5.74, 6) is -0.00120. The molecule has 0 heterocycles. The lowest BCUT2D eigenvalue weighted by Crippen LogP contribution is -2.44. The maximum absolute atomic E-state index is 12.2. The van der Waals surface area contributed by atoms with E-state index >= 15 is 0 Å². The SMILES string of the molecule is NC1(CC(=O)Nc2cccc(CCCO)c2)CCCCC1. The molecule has 4 N–H and O–H groups in total. The second-order valence-corrected chi connectivity index (χ2v) is 6.18. The zero-order valence-electron chi connectivity index (χ0n) is 12.6. The molecule has 1 aromatic carbocycles. The van der Waals surface area contributed by atoms with Gasteiger partial charge in [0, 0.05) is 24.3 Å². The molecule has 1 aliphatic rings. The van der Waals surface area contributed by atoms with Crippen LogP contribution in [0, 0.1) is 0 Å². The van der Waals surface area contributed by atoms with Gasteiger partial charge in [-0.1, -0.05) is 31.4 Å². The van der Waals surface area contributed by atoms with Crippen molar-refractivity contribution in [3.05, 3.63) is 29.8 Å². The summed E-state index contributed by atoms with van der Waals surface area (Å²) in [7, 11) is 0. The minimum atomic E-state index is -0.323. The van der Waals surface area contributed by atoms with Crippen molar-refractivity contribution in [2.24, 2.45) is 5.73 Å². The minimum Gasteiger partial charge on any atom is -0.396 e. The summed E-state index contributed by atoms with van der Waals surface area (Å²) in [6.07, 6.45) is 7.32. The minimum absolute atomic E-state index is 0.00120. The summed E-state index contributed by atoms with van der Waals surface area (Å²) in [6, 6.07) is 7.81. The summed E-state index contributed by atoms with van der Waals surface area (Å²) in [6.45, 7) is 0.187. The van der Waals surface area contributed by atoms with Crippen LogP contribution in [0.2, 0.25) is 0 Å². The Kier molecular flexibility index (Phi) is 5.76. The van der Waals surface area contributed by atoms with Gasteiger partial charge >= 0.3 is 0 Å². The number of carbonyl (C=O) groups is 1. The molecule has 0 unspecified atom stereocenters. The Bertz CT molecular complexity index is 468. The average molecular weight is 290 g/mol. The molecule has 0 saturated heterocycles. The molecule has 116 valence electrons. The van der Waals surface area contributed by atoms with Crippen molar-refractivity contribution in [2.75, 3.05) is 11.9 Å². The largest absolute Gasteiger partial charge is 0.396 e. The van der Waals surface area contributed by atoms with E-state index in [0.29, 0.717) is 6.42 Å². The molecule has 4 nitrogen and oxygen atoms in total. The fourth-order valence-corrected chi connectivity index (χ4v) is 3.05. The zero-order chi connectivity index (χ0) is 15.1. The van der Waals surface area contributed by atoms with Gasteiger partial charge in [-0.25, -0.2) is 0 Å². The molecule has 0 spiro atoms. The second kappa shape index (κ2) is 7.57. The first kappa shape index (κ1) is 16.0. The number of benzene rings is 1. The van der Waals surface area contributed by atoms with E-state index in [1.54, 1.807) is 0 Å². The fraction of sp³-hybridized carbons (Fsp3) is 0.588. The van der Waals surface area contributed by atoms with Gasteiger partial charge in [0.05, 0.1) is 0 Å². The van der Waals surface area contributed by atoms with Crippen molar-refractivity contribution in [1.82, 2.24) is 0 Å². The van der Waals surface area contributed by atoms with Crippen LogP contribution >= 0.6 is 0 Å². The molecule has 1 saturated carbocycles. The van der Waals surface area contributed by atoms with Crippen LogP contribution in [-0.2, 0) is 11.2 Å². The van der Waals surface area contributed by atoms with E-state index in [0.717, 1.165) is 49.8 Å². The summed E-state index contributed by atoms with van der Waals surface area (Å²) in [5, 5.41) is 11.8. The Morgan fingerprint density at radius 1 is 1.29 bits per heavy atom. The first-order valence-corrected chi connectivity index (χ1v) is 7.90. The van der Waals surface area contributed by atoms with E-state index < -0.39 is 0 Å². The molecular formula is C17H26N2O2. The van der Waals surface area contributed by atoms with Crippen LogP contribution in [0.25, 0.3) is 0 Å². The summed E-state index contributed by atoms with van der Waals surface area (Å²) in [4.78, 5) is 12.2. The average Bonchev–Trinajstić information content (AvgIpc) is 2.45. The molecule has 21 heavy (non-hydrogen) atoms. The lowest BCUT2D eigenvalue weighted by molar-refractivity contribution is -0.117. The topological polar surface area (TPSA) is 75.4 Å². The van der Waals surface area contributed by atoms with Crippen LogP contribution in [-0.4, -0.2) is 23.2 Å². The maximum Gasteiger partial charge on any atom is 0.226 e. The lowest BCUT2D eigenvalue weighted by atomic mass is 9.80. The van der Waals surface area contributed by atoms with Crippen LogP contribution in [0.5, 0.6) is 0 Å². The van der Waals surface area contributed by atoms with Crippen LogP contribution in [0.15, 0.2) is 24.3 Å². The van der Waals surface area contributed by atoms with Gasteiger partial charge in [-0.2, -0.15) is 0 Å². The number of nitrogens with one attached hydrogen (secondary N) is 1. The molecule has 0 aliphatic heterocycles. The van der Waals surface area contributed by atoms with Gasteiger partial charge in [-0.15, -0.1) is 0 Å². The molecule has 1 aromatic rings. The molecule has 2 rings (SSSR count). The third-order valence-corrected chi connectivity index (χ3v) is 4.20. The summed E-state index contributed by atoms with van der Waals surface area (Å²) < 4.78 is 0. The zero-order valence-corrected chi connectivity index (χ0v) is 12.6. The number of aryl methyl sites for hydroxylation is 1. The Hall–Kier alpha value is -1.39. The van der Waals surface area contributed by atoms with E-state index in [-0.39, 0.29) is 18.1 Å². The highest BCUT2D eigenvalue weighted by Crippen LogP contribution is 2.29. The van der Waals surface area contributed by atoms with Crippen molar-refractivity contribution in [1.29, 1.82) is 0 Å². The number of hydrogen-bond acceptors (Lipinski definition) is 3. The molecular weight excluding hydrogens is 264 g/mol. The highest BCUT2D eigenvalue weighted by Gasteiger charge is 2.29. The smallest absolute Gasteiger partial charge is 0.226 e. The van der Waals surface area contributed by atoms with Gasteiger partial charge in [-0.3, -0.25) is 4.79 Å². The van der Waals surface area contributed by atoms with E-state index in [1.807, 2.05) is 24.3 Å². The molecule has 0 radical (unpaired) electrons. The second-order valence-electron chi connectivity index (χ2n) is 6.18. The van der Waals surface area contributed by atoms with Crippen molar-refractivity contribution >= 4 is 11.6 Å². The number of nitrogens with two attached hydrogens (primary N) is 1. The Labute approximate surface area is 126 Å². The highest BCUT2D eigenvalue weighted by molar-refractivity contribution is 5.91. The maximum atomic E-state index is 12.2. The van der Waals surface area contributed by atoms with Gasteiger partial charge in [0.25, 0.3) is 0 Å². The Balaban J connectivity index is 1.89. The van der Waals surface area contributed by atoms with E-state index in [4.69, 9.17) is 10.8 Å². The van der Waals surface area contributed by atoms with Crippen molar-refractivity contribution in [3.8, 4) is 0 Å². The van der Waals surface area contributed by atoms with Gasteiger partial charge < -0.3 is 16.2 Å². The lowest BCUT2D eigenvalue weighted by Gasteiger charge is -2.32. The van der Waals surface area contributed by atoms with Gasteiger partial charge in [0.2, 0.25) is 5.91 Å². The number of rotatable bonds is 6. The summed E-state index contributed by atoms with van der Waals surface area (Å²) >= 11 is 0. The van der Waals surface area contributed by atoms with Crippen molar-refractivity contribution in [3.63, 3.8) is 0 Å². The van der Waals surface area contributed by atoms with Gasteiger partial charge in [-0.05, 0) is 43.4 Å². The monoisotopic (exact) mass is 290 g/mol. The quantitative estimate of drug-likeness (QED) is 0.754. The van der Waals surface area contributed by atoms with Gasteiger partial charge in [0.15, 0.2) is 0 Å². The van der Waals surface area contributed by atoms with Crippen LogP contribution in [0.3, 0.4) is 0 Å². The molecule has 1 fully saturated rings. The molecule has 1 aliphatic carbocycles. The first-order chi connectivity index (χ1) is 10.1. The third-order valence-electron chi connectivity index (χ3n) is 4.20. The van der Waals surface area contributed by atoms with Crippen molar-refractivity contribution in [2.45, 2.75) is 56.9 Å². The molecule has 0 atom stereocenters. The predicted molar refractivity (Wildman–Crippen MR) is 85.1 cm³/mol. The number of hydrogen-bond donors (Lipinski definition) is 3. The Morgan fingerprint density at radius 3 is 2.76 bits per heavy atom. The normalized spacial score (nSPS) is 17.4. The van der Waals surface area contributed by atoms with E-state index in [2.05, 4.69) is 5.32 Å². The fourth-order valence-electron chi connectivity index (χ4n) is 3.05. The first-order valence-electron chi connectivity index (χ1n) is 7.90. The van der Waals surface area contributed by atoms with Gasteiger partial charge in [0.1, 0.15) is 0 Å². The number of amides is 1. The molecule has 0 bridgehead atoms. The van der Waals surface area contributed by atoms with Crippen molar-refractivity contribution < 1.29 is 9.90 Å². The number of anilines is 1. The van der Waals surface area contributed by atoms with Crippen LogP contribution < -0.4 is 11.1 Å². The highest BCUT2D eigenvalue weighted by atomic mass is 16.2. The molecule has 0 aromatic heterocycles. The van der Waals surface area contributed by atoms with Crippen LogP contribution in [0.4, 0.5) is 5.69 Å². The number of aliphatic hydroxyl groups excluding tert-OH is 1. The Morgan fingerprint density at radius 2 is 2.05 bits per heavy atom. The van der Waals surface area contributed by atoms with Crippen LogP contribution in [0.1, 0.15) is 50.5 Å². The third kappa shape index (κ3) is 5.14. The van der Waals surface area contributed by atoms with E-state index in [9.17, 15) is 4.79 Å². The van der Waals surface area contributed by atoms with E-state index in [1.165, 1.54) is 6.42 Å². The standard InChI is InChI=1S/C17H26N2O2/c18-17(9-2-1-3-10-17)13-16(21)19-15-8-4-6-14(12-15)7-5-11-20/h4,6,8,12,20H,1-3,5,7,9-11,13,18H2,(H,19,21). The molecule has 1 amide bonds. The number of aliphatic hydroxyl groups is 1. The summed E-state index contributed by atoms with van der Waals surface area (Å²) in [5.41, 5.74) is 7.94.